The lowest BCUT2D eigenvalue weighted by Gasteiger charge is -2.14. The molecule has 0 aliphatic rings. The molecule has 2 amide bonds. The smallest absolute Gasteiger partial charge is 0.262 e. The summed E-state index contributed by atoms with van der Waals surface area (Å²) in [5.74, 6) is 0.271. The van der Waals surface area contributed by atoms with E-state index in [2.05, 4.69) is 22.8 Å². The molecule has 0 saturated carbocycles. The molecule has 2 N–H and O–H groups in total. The Morgan fingerprint density at radius 3 is 2.21 bits per heavy atom. The van der Waals surface area contributed by atoms with Crippen LogP contribution in [0.5, 0.6) is 5.75 Å². The van der Waals surface area contributed by atoms with Crippen LogP contribution in [0.15, 0.2) is 72.8 Å². The van der Waals surface area contributed by atoms with Gasteiger partial charge in [0.25, 0.3) is 5.91 Å². The van der Waals surface area contributed by atoms with Crippen molar-refractivity contribution in [2.24, 2.45) is 0 Å². The van der Waals surface area contributed by atoms with Crippen molar-refractivity contribution < 1.29 is 14.3 Å². The Kier molecular flexibility index (Phi) is 6.63. The third-order valence-electron chi connectivity index (χ3n) is 4.49. The van der Waals surface area contributed by atoms with Crippen molar-refractivity contribution in [2.45, 2.75) is 20.3 Å². The molecule has 0 aromatic heterocycles. The van der Waals surface area contributed by atoms with Gasteiger partial charge in [-0.2, -0.15) is 0 Å². The molecule has 0 fully saturated rings. The van der Waals surface area contributed by atoms with Gasteiger partial charge in [-0.25, -0.2) is 0 Å². The zero-order valence-electron chi connectivity index (χ0n) is 16.6. The predicted octanol–water partition coefficient (Wildman–Crippen LogP) is 4.56. The molecule has 0 bridgehead atoms. The summed E-state index contributed by atoms with van der Waals surface area (Å²) in [6.07, 6.45) is 0.733. The van der Waals surface area contributed by atoms with Gasteiger partial charge in [0.05, 0.1) is 0 Å². The number of carbonyl (C=O) groups is 2. The second kappa shape index (κ2) is 9.55. The van der Waals surface area contributed by atoms with E-state index >= 15 is 0 Å². The number of carbonyl (C=O) groups excluding carboxylic acids is 2. The molecule has 5 heteroatoms. The summed E-state index contributed by atoms with van der Waals surface area (Å²) in [5.41, 5.74) is 4.31. The maximum absolute atomic E-state index is 12.4. The van der Waals surface area contributed by atoms with E-state index in [0.717, 1.165) is 17.5 Å². The summed E-state index contributed by atoms with van der Waals surface area (Å²) in [4.78, 5) is 23.7. The Morgan fingerprint density at radius 1 is 0.828 bits per heavy atom. The Bertz CT molecular complexity index is 1000. The van der Waals surface area contributed by atoms with Gasteiger partial charge in [0.15, 0.2) is 6.61 Å². The lowest BCUT2D eigenvalue weighted by molar-refractivity contribution is -0.118. The highest BCUT2D eigenvalue weighted by molar-refractivity contribution is 5.95. The average Bonchev–Trinajstić information content (AvgIpc) is 2.71. The van der Waals surface area contributed by atoms with Crippen LogP contribution < -0.4 is 15.4 Å². The Balaban J connectivity index is 1.64. The van der Waals surface area contributed by atoms with E-state index in [1.807, 2.05) is 49.4 Å². The summed E-state index contributed by atoms with van der Waals surface area (Å²) in [6.45, 7) is 3.19. The van der Waals surface area contributed by atoms with E-state index in [1.54, 1.807) is 18.2 Å². The van der Waals surface area contributed by atoms with Crippen molar-refractivity contribution in [2.75, 3.05) is 17.2 Å². The van der Waals surface area contributed by atoms with Crippen LogP contribution in [0, 0.1) is 6.92 Å². The van der Waals surface area contributed by atoms with Gasteiger partial charge in [-0.1, -0.05) is 54.6 Å². The first-order valence-corrected chi connectivity index (χ1v) is 9.44. The van der Waals surface area contributed by atoms with Crippen molar-refractivity contribution in [3.05, 3.63) is 89.5 Å². The highest BCUT2D eigenvalue weighted by Crippen LogP contribution is 2.24. The molecule has 3 rings (SSSR count). The average molecular weight is 388 g/mol. The van der Waals surface area contributed by atoms with Crippen molar-refractivity contribution in [1.29, 1.82) is 0 Å². The molecule has 148 valence electrons. The minimum absolute atomic E-state index is 0.102. The highest BCUT2D eigenvalue weighted by Gasteiger charge is 2.11. The van der Waals surface area contributed by atoms with Gasteiger partial charge in [0.1, 0.15) is 5.75 Å². The SMILES string of the molecule is CC(=O)Nc1cccc(NC(=O)COc2ccccc2Cc2ccccc2)c1C. The van der Waals surface area contributed by atoms with E-state index in [-0.39, 0.29) is 18.4 Å². The first kappa shape index (κ1) is 20.1. The van der Waals surface area contributed by atoms with Crippen molar-refractivity contribution >= 4 is 23.2 Å². The number of amides is 2. The molecule has 29 heavy (non-hydrogen) atoms. The zero-order valence-corrected chi connectivity index (χ0v) is 16.6. The molecule has 0 radical (unpaired) electrons. The molecule has 0 atom stereocenters. The van der Waals surface area contributed by atoms with Crippen LogP contribution in [0.3, 0.4) is 0 Å². The van der Waals surface area contributed by atoms with E-state index in [4.69, 9.17) is 4.74 Å². The second-order valence-electron chi connectivity index (χ2n) is 6.77. The van der Waals surface area contributed by atoms with Crippen LogP contribution in [-0.4, -0.2) is 18.4 Å². The number of hydrogen-bond acceptors (Lipinski definition) is 3. The van der Waals surface area contributed by atoms with E-state index < -0.39 is 0 Å². The van der Waals surface area contributed by atoms with Gasteiger partial charge in [-0.05, 0) is 41.8 Å². The van der Waals surface area contributed by atoms with Crippen LogP contribution in [0.2, 0.25) is 0 Å². The lowest BCUT2D eigenvalue weighted by Crippen LogP contribution is -2.21. The number of para-hydroxylation sites is 1. The fourth-order valence-electron chi connectivity index (χ4n) is 3.03. The molecule has 0 heterocycles. The number of benzene rings is 3. The molecule has 0 aliphatic carbocycles. The second-order valence-corrected chi connectivity index (χ2v) is 6.77. The topological polar surface area (TPSA) is 67.4 Å². The predicted molar refractivity (Wildman–Crippen MR) is 115 cm³/mol. The number of nitrogens with one attached hydrogen (secondary N) is 2. The third kappa shape index (κ3) is 5.69. The molecular formula is C24H24N2O3. The van der Waals surface area contributed by atoms with Crippen LogP contribution in [0.1, 0.15) is 23.6 Å². The first-order chi connectivity index (χ1) is 14.0. The van der Waals surface area contributed by atoms with Gasteiger partial charge in [0.2, 0.25) is 5.91 Å². The van der Waals surface area contributed by atoms with Gasteiger partial charge in [-0.3, -0.25) is 9.59 Å². The van der Waals surface area contributed by atoms with Gasteiger partial charge in [0, 0.05) is 24.7 Å². The molecule has 0 saturated heterocycles. The first-order valence-electron chi connectivity index (χ1n) is 9.44. The fraction of sp³-hybridized carbons (Fsp3) is 0.167. The Hall–Kier alpha value is -3.60. The number of hydrogen-bond donors (Lipinski definition) is 2. The van der Waals surface area contributed by atoms with Gasteiger partial charge in [-0.15, -0.1) is 0 Å². The monoisotopic (exact) mass is 388 g/mol. The van der Waals surface area contributed by atoms with E-state index in [1.165, 1.54) is 12.5 Å². The summed E-state index contributed by atoms with van der Waals surface area (Å²) in [5, 5.41) is 5.60. The third-order valence-corrected chi connectivity index (χ3v) is 4.49. The van der Waals surface area contributed by atoms with Crippen molar-refractivity contribution in [1.82, 2.24) is 0 Å². The molecule has 0 spiro atoms. The van der Waals surface area contributed by atoms with Crippen LogP contribution in [0.25, 0.3) is 0 Å². The van der Waals surface area contributed by atoms with E-state index in [0.29, 0.717) is 17.1 Å². The Labute approximate surface area is 170 Å². The molecule has 0 aliphatic heterocycles. The maximum Gasteiger partial charge on any atom is 0.262 e. The van der Waals surface area contributed by atoms with Crippen molar-refractivity contribution in [3.63, 3.8) is 0 Å². The summed E-state index contributed by atoms with van der Waals surface area (Å²) < 4.78 is 5.80. The molecule has 3 aromatic rings. The standard InChI is InChI=1S/C24H24N2O3/c1-17-21(25-18(2)27)12-8-13-22(17)26-24(28)16-29-23-14-7-6-11-20(23)15-19-9-4-3-5-10-19/h3-14H,15-16H2,1-2H3,(H,25,27)(H,26,28). The minimum atomic E-state index is -0.261. The zero-order chi connectivity index (χ0) is 20.6. The number of anilines is 2. The number of rotatable bonds is 7. The molecule has 5 nitrogen and oxygen atoms in total. The minimum Gasteiger partial charge on any atom is -0.483 e. The summed E-state index contributed by atoms with van der Waals surface area (Å²) >= 11 is 0. The van der Waals surface area contributed by atoms with Gasteiger partial charge >= 0.3 is 0 Å². The van der Waals surface area contributed by atoms with Gasteiger partial charge < -0.3 is 15.4 Å². The molecule has 0 unspecified atom stereocenters. The van der Waals surface area contributed by atoms with Crippen molar-refractivity contribution in [3.8, 4) is 5.75 Å². The fourth-order valence-corrected chi connectivity index (χ4v) is 3.03. The molecular weight excluding hydrogens is 364 g/mol. The maximum atomic E-state index is 12.4. The quantitative estimate of drug-likeness (QED) is 0.623. The summed E-state index contributed by atoms with van der Waals surface area (Å²) in [6, 6.07) is 23.2. The normalized spacial score (nSPS) is 10.3. The lowest BCUT2D eigenvalue weighted by atomic mass is 10.0. The van der Waals surface area contributed by atoms with Crippen LogP contribution in [0.4, 0.5) is 11.4 Å². The number of ether oxygens (including phenoxy) is 1. The Morgan fingerprint density at radius 2 is 1.48 bits per heavy atom. The summed E-state index contributed by atoms with van der Waals surface area (Å²) in [7, 11) is 0. The molecule has 3 aromatic carbocycles. The van der Waals surface area contributed by atoms with Crippen LogP contribution in [-0.2, 0) is 16.0 Å². The highest BCUT2D eigenvalue weighted by atomic mass is 16.5. The largest absolute Gasteiger partial charge is 0.483 e. The van der Waals surface area contributed by atoms with E-state index in [9.17, 15) is 9.59 Å². The van der Waals surface area contributed by atoms with Crippen LogP contribution >= 0.6 is 0 Å².